The number of sulfonamides is 1. The summed E-state index contributed by atoms with van der Waals surface area (Å²) in [4.78, 5) is 13.9. The largest absolute Gasteiger partial charge is 0.337 e. The minimum atomic E-state index is -3.31. The van der Waals surface area contributed by atoms with Crippen molar-refractivity contribution in [3.8, 4) is 0 Å². The Morgan fingerprint density at radius 2 is 2.11 bits per heavy atom. The molecule has 0 saturated carbocycles. The first-order valence-electron chi connectivity index (χ1n) is 6.75. The highest BCUT2D eigenvalue weighted by Crippen LogP contribution is 2.22. The zero-order valence-electron chi connectivity index (χ0n) is 12.0. The molecular formula is C12H25N3O3S. The Labute approximate surface area is 116 Å². The molecule has 0 bridgehead atoms. The Morgan fingerprint density at radius 3 is 2.63 bits per heavy atom. The highest BCUT2D eigenvalue weighted by molar-refractivity contribution is 7.89. The lowest BCUT2D eigenvalue weighted by Crippen LogP contribution is -2.52. The molecule has 1 amide bonds. The molecule has 2 N–H and O–H groups in total. The maximum atomic E-state index is 12.2. The molecule has 6 nitrogen and oxygen atoms in total. The van der Waals surface area contributed by atoms with Crippen molar-refractivity contribution in [3.05, 3.63) is 0 Å². The number of piperidine rings is 1. The third-order valence-corrected chi connectivity index (χ3v) is 5.58. The molecule has 2 unspecified atom stereocenters. The van der Waals surface area contributed by atoms with Gasteiger partial charge < -0.3 is 10.6 Å². The summed E-state index contributed by atoms with van der Waals surface area (Å²) in [6.45, 7) is 4.73. The zero-order valence-corrected chi connectivity index (χ0v) is 12.8. The number of nitrogens with two attached hydrogens (primary N) is 1. The molecule has 0 aromatic heterocycles. The second-order valence-electron chi connectivity index (χ2n) is 5.26. The van der Waals surface area contributed by atoms with Crippen molar-refractivity contribution < 1.29 is 13.2 Å². The molecule has 112 valence electrons. The first kappa shape index (κ1) is 16.4. The van der Waals surface area contributed by atoms with Crippen molar-refractivity contribution in [2.75, 3.05) is 32.4 Å². The normalized spacial score (nSPS) is 24.8. The van der Waals surface area contributed by atoms with Gasteiger partial charge in [0.05, 0.1) is 12.3 Å². The predicted octanol–water partition coefficient (Wildman–Crippen LogP) is -0.146. The van der Waals surface area contributed by atoms with Gasteiger partial charge in [-0.3, -0.25) is 4.79 Å². The van der Waals surface area contributed by atoms with Crippen LogP contribution in [0.1, 0.15) is 26.7 Å². The molecule has 2 atom stereocenters. The number of likely N-dealkylation sites (N-methyl/N-ethyl adjacent to an activating group) is 1. The molecule has 1 aliphatic heterocycles. The van der Waals surface area contributed by atoms with Crippen LogP contribution in [0.2, 0.25) is 0 Å². The number of carbonyl (C=O) groups is 1. The molecular weight excluding hydrogens is 266 g/mol. The van der Waals surface area contributed by atoms with E-state index in [1.165, 1.54) is 7.05 Å². The second-order valence-corrected chi connectivity index (χ2v) is 7.63. The van der Waals surface area contributed by atoms with Gasteiger partial charge in [-0.15, -0.1) is 0 Å². The topological polar surface area (TPSA) is 83.7 Å². The lowest BCUT2D eigenvalue weighted by atomic mass is 9.92. The minimum Gasteiger partial charge on any atom is -0.337 e. The van der Waals surface area contributed by atoms with E-state index in [9.17, 15) is 13.2 Å². The van der Waals surface area contributed by atoms with Gasteiger partial charge in [-0.25, -0.2) is 8.42 Å². The molecule has 0 radical (unpaired) electrons. The summed E-state index contributed by atoms with van der Waals surface area (Å²) in [5.41, 5.74) is 5.71. The number of likely N-dealkylation sites (tertiary alicyclic amines) is 1. The van der Waals surface area contributed by atoms with E-state index in [4.69, 9.17) is 5.73 Å². The summed E-state index contributed by atoms with van der Waals surface area (Å²) in [7, 11) is -1.87. The highest BCUT2D eigenvalue weighted by atomic mass is 32.2. The van der Waals surface area contributed by atoms with E-state index < -0.39 is 10.0 Å². The number of hydrogen-bond donors (Lipinski definition) is 1. The van der Waals surface area contributed by atoms with Gasteiger partial charge in [0.15, 0.2) is 0 Å². The van der Waals surface area contributed by atoms with Crippen molar-refractivity contribution in [1.82, 2.24) is 9.21 Å². The van der Waals surface area contributed by atoms with E-state index in [0.29, 0.717) is 19.0 Å². The quantitative estimate of drug-likeness (QED) is 0.764. The molecule has 1 fully saturated rings. The van der Waals surface area contributed by atoms with Crippen LogP contribution in [-0.2, 0) is 14.8 Å². The summed E-state index contributed by atoms with van der Waals surface area (Å²) in [6.07, 6.45) is 1.85. The van der Waals surface area contributed by atoms with Crippen molar-refractivity contribution in [1.29, 1.82) is 0 Å². The summed E-state index contributed by atoms with van der Waals surface area (Å²) in [5.74, 6) is 0.422. The summed E-state index contributed by atoms with van der Waals surface area (Å²) >= 11 is 0. The van der Waals surface area contributed by atoms with Crippen molar-refractivity contribution in [2.45, 2.75) is 32.7 Å². The lowest BCUT2D eigenvalue weighted by Gasteiger charge is -2.38. The van der Waals surface area contributed by atoms with E-state index >= 15 is 0 Å². The van der Waals surface area contributed by atoms with Gasteiger partial charge in [0.2, 0.25) is 15.9 Å². The van der Waals surface area contributed by atoms with Crippen molar-refractivity contribution in [3.63, 3.8) is 0 Å². The van der Waals surface area contributed by atoms with Crippen LogP contribution in [0.15, 0.2) is 0 Å². The first-order valence-corrected chi connectivity index (χ1v) is 8.36. The third-order valence-electron chi connectivity index (χ3n) is 3.77. The number of carbonyl (C=O) groups excluding carboxylic acids is 1. The van der Waals surface area contributed by atoms with Crippen LogP contribution in [0.4, 0.5) is 0 Å². The van der Waals surface area contributed by atoms with Gasteiger partial charge in [-0.1, -0.05) is 6.92 Å². The van der Waals surface area contributed by atoms with Gasteiger partial charge in [0.25, 0.3) is 0 Å². The number of hydrogen-bond acceptors (Lipinski definition) is 4. The number of nitrogens with zero attached hydrogens (tertiary/aromatic N) is 2. The Hall–Kier alpha value is -0.660. The van der Waals surface area contributed by atoms with E-state index in [-0.39, 0.29) is 24.2 Å². The predicted molar refractivity (Wildman–Crippen MR) is 75.0 cm³/mol. The van der Waals surface area contributed by atoms with Crippen LogP contribution in [0.5, 0.6) is 0 Å². The first-order chi connectivity index (χ1) is 8.81. The third kappa shape index (κ3) is 4.15. The van der Waals surface area contributed by atoms with Crippen LogP contribution in [0.3, 0.4) is 0 Å². The smallest absolute Gasteiger partial charge is 0.238 e. The molecule has 0 aromatic carbocycles. The molecule has 7 heteroatoms. The van der Waals surface area contributed by atoms with E-state index in [0.717, 1.165) is 17.1 Å². The lowest BCUT2D eigenvalue weighted by molar-refractivity contribution is -0.135. The molecule has 1 heterocycles. The van der Waals surface area contributed by atoms with E-state index in [2.05, 4.69) is 6.92 Å². The summed E-state index contributed by atoms with van der Waals surface area (Å²) in [5, 5.41) is 0. The fraction of sp³-hybridized carbons (Fsp3) is 0.917. The molecule has 1 aliphatic rings. The minimum absolute atomic E-state index is 0.00807. The molecule has 0 spiro atoms. The SMILES string of the molecule is CCS(=O)(=O)N(C)CC(=O)N1CCC(C)CC1CN. The second kappa shape index (κ2) is 6.67. The fourth-order valence-corrected chi connectivity index (χ4v) is 3.15. The van der Waals surface area contributed by atoms with E-state index in [1.54, 1.807) is 11.8 Å². The van der Waals surface area contributed by atoms with Crippen LogP contribution in [0, 0.1) is 5.92 Å². The molecule has 1 saturated heterocycles. The summed E-state index contributed by atoms with van der Waals surface area (Å²) in [6, 6.07) is 0.0361. The van der Waals surface area contributed by atoms with Gasteiger partial charge in [-0.05, 0) is 25.7 Å². The molecule has 0 aliphatic carbocycles. The molecule has 0 aromatic rings. The van der Waals surface area contributed by atoms with Gasteiger partial charge in [0.1, 0.15) is 0 Å². The number of rotatable bonds is 5. The van der Waals surface area contributed by atoms with Gasteiger partial charge in [-0.2, -0.15) is 4.31 Å². The Bertz CT molecular complexity index is 410. The van der Waals surface area contributed by atoms with E-state index in [1.807, 2.05) is 0 Å². The van der Waals surface area contributed by atoms with Crippen LogP contribution >= 0.6 is 0 Å². The average molecular weight is 291 g/mol. The summed E-state index contributed by atoms with van der Waals surface area (Å²) < 4.78 is 24.4. The van der Waals surface area contributed by atoms with Crippen molar-refractivity contribution >= 4 is 15.9 Å². The Balaban J connectivity index is 2.67. The number of amides is 1. The Kier molecular flexibility index (Phi) is 5.76. The highest BCUT2D eigenvalue weighted by Gasteiger charge is 2.30. The van der Waals surface area contributed by atoms with Crippen LogP contribution in [0.25, 0.3) is 0 Å². The zero-order chi connectivity index (χ0) is 14.6. The van der Waals surface area contributed by atoms with Gasteiger partial charge in [0, 0.05) is 26.2 Å². The average Bonchev–Trinajstić information content (AvgIpc) is 2.38. The molecule has 19 heavy (non-hydrogen) atoms. The monoisotopic (exact) mass is 291 g/mol. The maximum Gasteiger partial charge on any atom is 0.238 e. The Morgan fingerprint density at radius 1 is 1.47 bits per heavy atom. The van der Waals surface area contributed by atoms with Gasteiger partial charge >= 0.3 is 0 Å². The van der Waals surface area contributed by atoms with Crippen LogP contribution < -0.4 is 5.73 Å². The standard InChI is InChI=1S/C12H25N3O3S/c1-4-19(17,18)14(3)9-12(16)15-6-5-10(2)7-11(15)8-13/h10-11H,4-9,13H2,1-3H3. The van der Waals surface area contributed by atoms with Crippen LogP contribution in [-0.4, -0.2) is 62.0 Å². The maximum absolute atomic E-state index is 12.2. The fourth-order valence-electron chi connectivity index (χ4n) is 2.40. The van der Waals surface area contributed by atoms with Crippen molar-refractivity contribution in [2.24, 2.45) is 11.7 Å². The molecule has 1 rings (SSSR count).